The molecule has 0 aromatic carbocycles. The predicted molar refractivity (Wildman–Crippen MR) is 113 cm³/mol. The minimum atomic E-state index is 0.400. The Bertz CT molecular complexity index is 587. The van der Waals surface area contributed by atoms with Crippen LogP contribution in [0.15, 0.2) is 11.6 Å². The van der Waals surface area contributed by atoms with Crippen molar-refractivity contribution in [3.05, 3.63) is 11.6 Å². The molecule has 5 unspecified atom stereocenters. The van der Waals surface area contributed by atoms with Crippen LogP contribution in [0.4, 0.5) is 0 Å². The van der Waals surface area contributed by atoms with Gasteiger partial charge in [0.1, 0.15) is 0 Å². The second-order valence-electron chi connectivity index (χ2n) is 11.3. The van der Waals surface area contributed by atoms with E-state index in [1.54, 1.807) is 0 Å². The molecule has 0 saturated heterocycles. The first-order chi connectivity index (χ1) is 12.9. The first-order valence-corrected chi connectivity index (χ1v) is 12.1. The molecule has 0 N–H and O–H groups in total. The number of allylic oxidation sites excluding steroid dienone is 1. The number of hydrogen-bond acceptors (Lipinski definition) is 1. The largest absolute Gasteiger partial charge is 0.295 e. The van der Waals surface area contributed by atoms with Crippen molar-refractivity contribution < 1.29 is 4.79 Å². The molecule has 0 radical (unpaired) electrons. The lowest BCUT2D eigenvalue weighted by Crippen LogP contribution is -2.47. The molecule has 1 nitrogen and oxygen atoms in total. The van der Waals surface area contributed by atoms with Crippen LogP contribution in [0.5, 0.6) is 0 Å². The molecular formula is C26H42O. The van der Waals surface area contributed by atoms with Crippen LogP contribution >= 0.6 is 0 Å². The lowest BCUT2D eigenvalue weighted by atomic mass is 9.50. The van der Waals surface area contributed by atoms with Crippen LogP contribution in [0.3, 0.4) is 0 Å². The van der Waals surface area contributed by atoms with Crippen molar-refractivity contribution in [2.24, 2.45) is 46.8 Å². The Morgan fingerprint density at radius 2 is 1.81 bits per heavy atom. The third-order valence-electron chi connectivity index (χ3n) is 9.50. The quantitative estimate of drug-likeness (QED) is 0.500. The Morgan fingerprint density at radius 1 is 1.00 bits per heavy atom. The summed E-state index contributed by atoms with van der Waals surface area (Å²) in [4.78, 5) is 11.9. The van der Waals surface area contributed by atoms with Gasteiger partial charge in [0.2, 0.25) is 0 Å². The van der Waals surface area contributed by atoms with Gasteiger partial charge in [-0.25, -0.2) is 0 Å². The molecule has 0 aliphatic heterocycles. The number of carbonyl (C=O) groups excluding carboxylic acids is 1. The van der Waals surface area contributed by atoms with Gasteiger partial charge < -0.3 is 0 Å². The molecule has 7 atom stereocenters. The Kier molecular flexibility index (Phi) is 5.61. The van der Waals surface area contributed by atoms with Gasteiger partial charge in [-0.2, -0.15) is 0 Å². The van der Waals surface area contributed by atoms with Crippen molar-refractivity contribution >= 4 is 5.78 Å². The summed E-state index contributed by atoms with van der Waals surface area (Å²) in [5.41, 5.74) is 2.14. The van der Waals surface area contributed by atoms with Gasteiger partial charge in [0.05, 0.1) is 0 Å². The van der Waals surface area contributed by atoms with Crippen LogP contribution in [-0.2, 0) is 4.79 Å². The highest BCUT2D eigenvalue weighted by molar-refractivity contribution is 5.91. The summed E-state index contributed by atoms with van der Waals surface area (Å²) in [6, 6.07) is 0. The molecule has 4 rings (SSSR count). The van der Waals surface area contributed by atoms with Crippen molar-refractivity contribution in [3.63, 3.8) is 0 Å². The zero-order chi connectivity index (χ0) is 19.2. The van der Waals surface area contributed by atoms with Crippen molar-refractivity contribution in [2.75, 3.05) is 0 Å². The van der Waals surface area contributed by atoms with Crippen LogP contribution < -0.4 is 0 Å². The summed E-state index contributed by atoms with van der Waals surface area (Å²) in [5, 5.41) is 0. The first-order valence-electron chi connectivity index (χ1n) is 12.1. The number of ketones is 1. The standard InChI is InChI=1S/C26H42O/c1-17(2)6-5-7-18(3)24-12-13-25-23-10-8-19-16-20(27)9-11-21(19)22(23)14-15-26(24,25)4/h16-18,21-25H,5-15H2,1-4H3/t18-,21?,22?,23?,24?,25+,26?/m1/s1. The minimum absolute atomic E-state index is 0.400. The molecular weight excluding hydrogens is 328 g/mol. The topological polar surface area (TPSA) is 17.1 Å². The molecule has 152 valence electrons. The molecule has 0 aromatic rings. The van der Waals surface area contributed by atoms with E-state index in [1.807, 2.05) is 6.08 Å². The van der Waals surface area contributed by atoms with Gasteiger partial charge in [0, 0.05) is 6.42 Å². The second kappa shape index (κ2) is 7.68. The molecule has 27 heavy (non-hydrogen) atoms. The maximum Gasteiger partial charge on any atom is 0.155 e. The predicted octanol–water partition coefficient (Wildman–Crippen LogP) is 7.21. The monoisotopic (exact) mass is 370 g/mol. The Hall–Kier alpha value is -0.590. The van der Waals surface area contributed by atoms with Gasteiger partial charge in [-0.1, -0.05) is 52.5 Å². The van der Waals surface area contributed by atoms with E-state index < -0.39 is 0 Å². The van der Waals surface area contributed by atoms with Crippen LogP contribution in [0, 0.1) is 46.8 Å². The molecule has 0 spiro atoms. The Labute approximate surface area is 167 Å². The zero-order valence-corrected chi connectivity index (χ0v) is 18.3. The molecule has 3 saturated carbocycles. The highest BCUT2D eigenvalue weighted by Gasteiger charge is 2.56. The SMILES string of the molecule is CC(C)CCC[C@@H](C)C1CC[C@H]2C3CCC4=CC(=O)CCC4C3CCC12C. The van der Waals surface area contributed by atoms with Gasteiger partial charge in [-0.05, 0) is 97.9 Å². The fraction of sp³-hybridized carbons (Fsp3) is 0.885. The molecule has 0 bridgehead atoms. The van der Waals surface area contributed by atoms with Crippen molar-refractivity contribution in [1.82, 2.24) is 0 Å². The van der Waals surface area contributed by atoms with Gasteiger partial charge >= 0.3 is 0 Å². The highest BCUT2D eigenvalue weighted by atomic mass is 16.1. The fourth-order valence-corrected chi connectivity index (χ4v) is 8.21. The van der Waals surface area contributed by atoms with Crippen molar-refractivity contribution in [1.29, 1.82) is 0 Å². The number of rotatable bonds is 5. The number of carbonyl (C=O) groups is 1. The molecule has 4 aliphatic rings. The summed E-state index contributed by atoms with van der Waals surface area (Å²) in [5.74, 6) is 6.68. The molecule has 1 heteroatoms. The lowest BCUT2D eigenvalue weighted by molar-refractivity contribution is -0.116. The molecule has 0 amide bonds. The summed E-state index contributed by atoms with van der Waals surface area (Å²) in [6.07, 6.45) is 16.7. The summed E-state index contributed by atoms with van der Waals surface area (Å²) < 4.78 is 0. The number of hydrogen-bond donors (Lipinski definition) is 0. The van der Waals surface area contributed by atoms with Crippen molar-refractivity contribution in [3.8, 4) is 0 Å². The third kappa shape index (κ3) is 3.58. The average molecular weight is 371 g/mol. The Morgan fingerprint density at radius 3 is 2.59 bits per heavy atom. The maximum atomic E-state index is 11.9. The molecule has 4 aliphatic carbocycles. The van der Waals surface area contributed by atoms with Gasteiger partial charge in [0.15, 0.2) is 5.78 Å². The smallest absolute Gasteiger partial charge is 0.155 e. The summed E-state index contributed by atoms with van der Waals surface area (Å²) >= 11 is 0. The van der Waals surface area contributed by atoms with E-state index in [0.29, 0.717) is 11.2 Å². The molecule has 0 aromatic heterocycles. The van der Waals surface area contributed by atoms with Crippen LogP contribution in [0.2, 0.25) is 0 Å². The van der Waals surface area contributed by atoms with Crippen LogP contribution in [0.25, 0.3) is 0 Å². The van der Waals surface area contributed by atoms with E-state index in [9.17, 15) is 4.79 Å². The number of fused-ring (bicyclic) bond motifs is 5. The zero-order valence-electron chi connectivity index (χ0n) is 18.3. The van der Waals surface area contributed by atoms with E-state index in [1.165, 1.54) is 63.4 Å². The van der Waals surface area contributed by atoms with Crippen LogP contribution in [0.1, 0.15) is 98.3 Å². The second-order valence-corrected chi connectivity index (χ2v) is 11.3. The van der Waals surface area contributed by atoms with E-state index in [0.717, 1.165) is 54.3 Å². The Balaban J connectivity index is 1.45. The van der Waals surface area contributed by atoms with E-state index in [2.05, 4.69) is 27.7 Å². The average Bonchev–Trinajstić information content (AvgIpc) is 2.98. The summed E-state index contributed by atoms with van der Waals surface area (Å²) in [6.45, 7) is 9.98. The van der Waals surface area contributed by atoms with Gasteiger partial charge in [0.25, 0.3) is 0 Å². The highest BCUT2D eigenvalue weighted by Crippen LogP contribution is 2.65. The van der Waals surface area contributed by atoms with E-state index in [4.69, 9.17) is 0 Å². The van der Waals surface area contributed by atoms with E-state index >= 15 is 0 Å². The summed E-state index contributed by atoms with van der Waals surface area (Å²) in [7, 11) is 0. The van der Waals surface area contributed by atoms with Crippen molar-refractivity contribution in [2.45, 2.75) is 98.3 Å². The minimum Gasteiger partial charge on any atom is -0.295 e. The normalized spacial score (nSPS) is 42.3. The maximum absolute atomic E-state index is 11.9. The first kappa shape index (κ1) is 19.7. The van der Waals surface area contributed by atoms with Crippen LogP contribution in [-0.4, -0.2) is 5.78 Å². The van der Waals surface area contributed by atoms with Gasteiger partial charge in [-0.15, -0.1) is 0 Å². The van der Waals surface area contributed by atoms with E-state index in [-0.39, 0.29) is 0 Å². The fourth-order valence-electron chi connectivity index (χ4n) is 8.21. The lowest BCUT2D eigenvalue weighted by Gasteiger charge is -2.54. The van der Waals surface area contributed by atoms with Gasteiger partial charge in [-0.3, -0.25) is 4.79 Å². The third-order valence-corrected chi connectivity index (χ3v) is 9.50. The molecule has 0 heterocycles. The molecule has 3 fully saturated rings.